The highest BCUT2D eigenvalue weighted by atomic mass is 16.5. The van der Waals surface area contributed by atoms with Crippen LogP contribution in [0.5, 0.6) is 0 Å². The van der Waals surface area contributed by atoms with Crippen molar-refractivity contribution in [2.24, 2.45) is 5.92 Å². The first-order chi connectivity index (χ1) is 9.74. The largest absolute Gasteiger partial charge is 0.468 e. The topological polar surface area (TPSA) is 37.6 Å². The van der Waals surface area contributed by atoms with Gasteiger partial charge in [-0.15, -0.1) is 0 Å². The minimum absolute atomic E-state index is 0.348. The van der Waals surface area contributed by atoms with Gasteiger partial charge in [0.15, 0.2) is 0 Å². The highest BCUT2D eigenvalue weighted by Gasteiger charge is 2.26. The van der Waals surface area contributed by atoms with Crippen molar-refractivity contribution in [1.82, 2.24) is 10.2 Å². The van der Waals surface area contributed by atoms with Crippen molar-refractivity contribution in [3.05, 3.63) is 23.7 Å². The molecule has 1 N–H and O–H groups in total. The fraction of sp³-hybridized carbons (Fsp3) is 0.750. The molecule has 1 aromatic heterocycles. The van der Waals surface area contributed by atoms with Crippen molar-refractivity contribution in [3.63, 3.8) is 0 Å². The summed E-state index contributed by atoms with van der Waals surface area (Å²) < 4.78 is 11.2. The van der Waals surface area contributed by atoms with Crippen LogP contribution < -0.4 is 5.32 Å². The van der Waals surface area contributed by atoms with E-state index in [1.807, 2.05) is 7.11 Å². The van der Waals surface area contributed by atoms with E-state index in [-0.39, 0.29) is 0 Å². The SMILES string of the molecule is CCCNCc1ccoc1CN1CCC(C)C(OC)C1. The Labute approximate surface area is 122 Å². The van der Waals surface area contributed by atoms with E-state index in [4.69, 9.17) is 9.15 Å². The summed E-state index contributed by atoms with van der Waals surface area (Å²) in [5.74, 6) is 1.75. The van der Waals surface area contributed by atoms with Crippen LogP contribution in [-0.2, 0) is 17.8 Å². The van der Waals surface area contributed by atoms with Crippen molar-refractivity contribution < 1.29 is 9.15 Å². The van der Waals surface area contributed by atoms with Gasteiger partial charge in [-0.1, -0.05) is 13.8 Å². The van der Waals surface area contributed by atoms with E-state index in [2.05, 4.69) is 30.1 Å². The number of methoxy groups -OCH3 is 1. The minimum atomic E-state index is 0.348. The van der Waals surface area contributed by atoms with Gasteiger partial charge in [-0.2, -0.15) is 0 Å². The maximum atomic E-state index is 5.67. The van der Waals surface area contributed by atoms with Gasteiger partial charge < -0.3 is 14.5 Å². The van der Waals surface area contributed by atoms with Crippen LogP contribution in [0, 0.1) is 5.92 Å². The summed E-state index contributed by atoms with van der Waals surface area (Å²) in [5.41, 5.74) is 1.28. The third-order valence-electron chi connectivity index (χ3n) is 4.22. The zero-order chi connectivity index (χ0) is 14.4. The number of furan rings is 1. The molecule has 2 rings (SSSR count). The van der Waals surface area contributed by atoms with Gasteiger partial charge in [-0.05, 0) is 37.9 Å². The molecule has 0 saturated carbocycles. The van der Waals surface area contributed by atoms with Gasteiger partial charge in [0, 0.05) is 25.8 Å². The number of nitrogens with one attached hydrogen (secondary N) is 1. The standard InChI is InChI=1S/C16H28N2O2/c1-4-7-17-10-14-6-9-20-16(14)12-18-8-5-13(2)15(11-18)19-3/h6,9,13,15,17H,4-5,7-8,10-12H2,1-3H3. The molecule has 1 aromatic rings. The zero-order valence-corrected chi connectivity index (χ0v) is 13.0. The molecule has 0 amide bonds. The predicted molar refractivity (Wildman–Crippen MR) is 80.6 cm³/mol. The number of hydrogen-bond acceptors (Lipinski definition) is 4. The van der Waals surface area contributed by atoms with Crippen LogP contribution in [0.3, 0.4) is 0 Å². The molecule has 0 aromatic carbocycles. The van der Waals surface area contributed by atoms with Gasteiger partial charge in [0.25, 0.3) is 0 Å². The molecule has 2 atom stereocenters. The molecule has 0 radical (unpaired) electrons. The molecule has 1 saturated heterocycles. The first-order valence-electron chi connectivity index (χ1n) is 7.75. The van der Waals surface area contributed by atoms with Crippen molar-refractivity contribution in [1.29, 1.82) is 0 Å². The Morgan fingerprint density at radius 2 is 2.35 bits per heavy atom. The van der Waals surface area contributed by atoms with E-state index in [0.717, 1.165) is 44.9 Å². The lowest BCUT2D eigenvalue weighted by molar-refractivity contribution is -0.00927. The van der Waals surface area contributed by atoms with Crippen LogP contribution in [0.25, 0.3) is 0 Å². The van der Waals surface area contributed by atoms with Gasteiger partial charge in [0.1, 0.15) is 5.76 Å². The van der Waals surface area contributed by atoms with Gasteiger partial charge in [-0.3, -0.25) is 4.90 Å². The molecule has 0 aliphatic carbocycles. The molecule has 4 nitrogen and oxygen atoms in total. The first-order valence-corrected chi connectivity index (χ1v) is 7.75. The molecule has 114 valence electrons. The molecule has 4 heteroatoms. The van der Waals surface area contributed by atoms with Crippen molar-refractivity contribution >= 4 is 0 Å². The number of piperidine rings is 1. The lowest BCUT2D eigenvalue weighted by atomic mass is 9.95. The molecule has 2 heterocycles. The molecule has 1 aliphatic heterocycles. The van der Waals surface area contributed by atoms with Crippen molar-refractivity contribution in [2.75, 3.05) is 26.7 Å². The lowest BCUT2D eigenvalue weighted by Crippen LogP contribution is -2.43. The molecular weight excluding hydrogens is 252 g/mol. The summed E-state index contributed by atoms with van der Waals surface area (Å²) in [6.45, 7) is 9.43. The molecule has 0 bridgehead atoms. The van der Waals surface area contributed by atoms with E-state index < -0.39 is 0 Å². The summed E-state index contributed by atoms with van der Waals surface area (Å²) in [5, 5.41) is 3.44. The van der Waals surface area contributed by atoms with Crippen LogP contribution in [0.1, 0.15) is 38.0 Å². The van der Waals surface area contributed by atoms with E-state index in [9.17, 15) is 0 Å². The average Bonchev–Trinajstić information content (AvgIpc) is 2.88. The Morgan fingerprint density at radius 1 is 1.50 bits per heavy atom. The number of hydrogen-bond donors (Lipinski definition) is 1. The van der Waals surface area contributed by atoms with Crippen LogP contribution in [-0.4, -0.2) is 37.7 Å². The number of rotatable bonds is 7. The van der Waals surface area contributed by atoms with Gasteiger partial charge >= 0.3 is 0 Å². The fourth-order valence-electron chi connectivity index (χ4n) is 2.81. The predicted octanol–water partition coefficient (Wildman–Crippen LogP) is 2.64. The van der Waals surface area contributed by atoms with Gasteiger partial charge in [-0.25, -0.2) is 0 Å². The van der Waals surface area contributed by atoms with Crippen molar-refractivity contribution in [2.45, 2.75) is 45.9 Å². The molecule has 1 aliphatic rings. The molecule has 0 spiro atoms. The second-order valence-corrected chi connectivity index (χ2v) is 5.82. The molecule has 2 unspecified atom stereocenters. The molecule has 1 fully saturated rings. The maximum absolute atomic E-state index is 5.67. The summed E-state index contributed by atoms with van der Waals surface area (Å²) in [7, 11) is 1.82. The minimum Gasteiger partial charge on any atom is -0.468 e. The van der Waals surface area contributed by atoms with E-state index in [1.165, 1.54) is 12.0 Å². The fourth-order valence-corrected chi connectivity index (χ4v) is 2.81. The third kappa shape index (κ3) is 4.08. The number of likely N-dealkylation sites (tertiary alicyclic amines) is 1. The second kappa shape index (κ2) is 7.81. The quantitative estimate of drug-likeness (QED) is 0.779. The van der Waals surface area contributed by atoms with Crippen LogP contribution in [0.15, 0.2) is 16.7 Å². The normalized spacial score (nSPS) is 24.1. The second-order valence-electron chi connectivity index (χ2n) is 5.82. The Kier molecular flexibility index (Phi) is 6.07. The number of nitrogens with zero attached hydrogens (tertiary/aromatic N) is 1. The first kappa shape index (κ1) is 15.5. The summed E-state index contributed by atoms with van der Waals surface area (Å²) in [6, 6.07) is 2.08. The summed E-state index contributed by atoms with van der Waals surface area (Å²) >= 11 is 0. The number of ether oxygens (including phenoxy) is 1. The zero-order valence-electron chi connectivity index (χ0n) is 13.0. The Bertz CT molecular complexity index is 392. The summed E-state index contributed by atoms with van der Waals surface area (Å²) in [4.78, 5) is 2.44. The Balaban J connectivity index is 1.88. The van der Waals surface area contributed by atoms with Gasteiger partial charge in [0.05, 0.1) is 18.9 Å². The maximum Gasteiger partial charge on any atom is 0.122 e. The lowest BCUT2D eigenvalue weighted by Gasteiger charge is -2.35. The average molecular weight is 280 g/mol. The monoisotopic (exact) mass is 280 g/mol. The molecule has 20 heavy (non-hydrogen) atoms. The third-order valence-corrected chi connectivity index (χ3v) is 4.22. The highest BCUT2D eigenvalue weighted by Crippen LogP contribution is 2.22. The van der Waals surface area contributed by atoms with E-state index in [1.54, 1.807) is 6.26 Å². The van der Waals surface area contributed by atoms with E-state index in [0.29, 0.717) is 12.0 Å². The van der Waals surface area contributed by atoms with Crippen molar-refractivity contribution in [3.8, 4) is 0 Å². The molecular formula is C16H28N2O2. The van der Waals surface area contributed by atoms with Crippen LogP contribution in [0.2, 0.25) is 0 Å². The Morgan fingerprint density at radius 3 is 3.10 bits per heavy atom. The van der Waals surface area contributed by atoms with Gasteiger partial charge in [0.2, 0.25) is 0 Å². The smallest absolute Gasteiger partial charge is 0.122 e. The van der Waals surface area contributed by atoms with Crippen LogP contribution >= 0.6 is 0 Å². The Hall–Kier alpha value is -0.840. The summed E-state index contributed by atoms with van der Waals surface area (Å²) in [6.07, 6.45) is 4.51. The van der Waals surface area contributed by atoms with Crippen LogP contribution in [0.4, 0.5) is 0 Å². The highest BCUT2D eigenvalue weighted by molar-refractivity contribution is 5.17. The van der Waals surface area contributed by atoms with E-state index >= 15 is 0 Å².